The standard InChI is InChI=1S/C21H22N2O4/c1-25-17-8-6-16(7-9-17)22-10-12-23(13-11-22)21(24)19-14-15-4-3-5-18(26-2)20(15)27-19/h3-9,14H,10-13H2,1-2H3. The topological polar surface area (TPSA) is 55.2 Å². The predicted molar refractivity (Wildman–Crippen MR) is 104 cm³/mol. The quantitative estimate of drug-likeness (QED) is 0.708. The van der Waals surface area contributed by atoms with E-state index in [4.69, 9.17) is 13.9 Å². The number of nitrogens with zero attached hydrogens (tertiary/aromatic N) is 2. The van der Waals surface area contributed by atoms with Crippen molar-refractivity contribution in [3.63, 3.8) is 0 Å². The second kappa shape index (κ2) is 7.23. The van der Waals surface area contributed by atoms with Gasteiger partial charge in [0.2, 0.25) is 0 Å². The molecule has 0 N–H and O–H groups in total. The Morgan fingerprint density at radius 3 is 2.37 bits per heavy atom. The van der Waals surface area contributed by atoms with Gasteiger partial charge in [0.1, 0.15) is 5.75 Å². The van der Waals surface area contributed by atoms with E-state index in [-0.39, 0.29) is 5.91 Å². The van der Waals surface area contributed by atoms with E-state index in [0.717, 1.165) is 29.9 Å². The number of piperazine rings is 1. The van der Waals surface area contributed by atoms with Crippen molar-refractivity contribution in [3.05, 3.63) is 54.3 Å². The Labute approximate surface area is 157 Å². The van der Waals surface area contributed by atoms with Gasteiger partial charge in [0, 0.05) is 37.3 Å². The summed E-state index contributed by atoms with van der Waals surface area (Å²) in [5.74, 6) is 1.75. The summed E-state index contributed by atoms with van der Waals surface area (Å²) >= 11 is 0. The highest BCUT2D eigenvalue weighted by Gasteiger charge is 2.25. The first-order valence-electron chi connectivity index (χ1n) is 8.94. The first-order valence-corrected chi connectivity index (χ1v) is 8.94. The molecule has 1 fully saturated rings. The minimum atomic E-state index is -0.0809. The van der Waals surface area contributed by atoms with Gasteiger partial charge in [0.25, 0.3) is 5.91 Å². The van der Waals surface area contributed by atoms with Crippen molar-refractivity contribution < 1.29 is 18.7 Å². The molecule has 0 aliphatic carbocycles. The number of hydrogen-bond acceptors (Lipinski definition) is 5. The summed E-state index contributed by atoms with van der Waals surface area (Å²) in [6, 6.07) is 15.4. The van der Waals surface area contributed by atoms with Gasteiger partial charge >= 0.3 is 0 Å². The van der Waals surface area contributed by atoms with Crippen molar-refractivity contribution in [2.45, 2.75) is 0 Å². The van der Waals surface area contributed by atoms with Gasteiger partial charge in [0.05, 0.1) is 14.2 Å². The Kier molecular flexibility index (Phi) is 4.62. The van der Waals surface area contributed by atoms with Crippen LogP contribution in [0.5, 0.6) is 11.5 Å². The molecule has 140 valence electrons. The Bertz CT molecular complexity index is 940. The molecule has 2 aromatic carbocycles. The molecule has 6 nitrogen and oxygen atoms in total. The normalized spacial score (nSPS) is 14.4. The number of benzene rings is 2. The fraction of sp³-hybridized carbons (Fsp3) is 0.286. The summed E-state index contributed by atoms with van der Waals surface area (Å²) in [5.41, 5.74) is 1.75. The van der Waals surface area contributed by atoms with Gasteiger partial charge in [-0.3, -0.25) is 4.79 Å². The van der Waals surface area contributed by atoms with E-state index in [1.807, 2.05) is 47.4 Å². The van der Waals surface area contributed by atoms with Crippen LogP contribution in [-0.2, 0) is 0 Å². The van der Waals surface area contributed by atoms with Gasteiger partial charge < -0.3 is 23.7 Å². The van der Waals surface area contributed by atoms with E-state index in [2.05, 4.69) is 4.90 Å². The second-order valence-corrected chi connectivity index (χ2v) is 6.47. The fourth-order valence-electron chi connectivity index (χ4n) is 3.42. The lowest BCUT2D eigenvalue weighted by atomic mass is 10.2. The Morgan fingerprint density at radius 2 is 1.70 bits per heavy atom. The predicted octanol–water partition coefficient (Wildman–Crippen LogP) is 3.41. The highest BCUT2D eigenvalue weighted by atomic mass is 16.5. The molecule has 0 spiro atoms. The molecule has 0 atom stereocenters. The molecule has 1 aliphatic rings. The summed E-state index contributed by atoms with van der Waals surface area (Å²) in [6.45, 7) is 2.86. The van der Waals surface area contributed by atoms with Crippen molar-refractivity contribution in [2.75, 3.05) is 45.3 Å². The summed E-state index contributed by atoms with van der Waals surface area (Å²) < 4.78 is 16.3. The number of anilines is 1. The van der Waals surface area contributed by atoms with E-state index < -0.39 is 0 Å². The molecular formula is C21H22N2O4. The van der Waals surface area contributed by atoms with Crippen molar-refractivity contribution in [2.24, 2.45) is 0 Å². The van der Waals surface area contributed by atoms with Crippen molar-refractivity contribution >= 4 is 22.6 Å². The number of ether oxygens (including phenoxy) is 2. The second-order valence-electron chi connectivity index (χ2n) is 6.47. The molecule has 1 aromatic heterocycles. The number of rotatable bonds is 4. The maximum atomic E-state index is 12.9. The van der Waals surface area contributed by atoms with Crippen LogP contribution >= 0.6 is 0 Å². The average Bonchev–Trinajstić information content (AvgIpc) is 3.18. The first-order chi connectivity index (χ1) is 13.2. The van der Waals surface area contributed by atoms with Crippen LogP contribution in [-0.4, -0.2) is 51.2 Å². The zero-order valence-corrected chi connectivity index (χ0v) is 15.5. The van der Waals surface area contributed by atoms with Crippen LogP contribution in [0.25, 0.3) is 11.0 Å². The van der Waals surface area contributed by atoms with Crippen LogP contribution < -0.4 is 14.4 Å². The summed E-state index contributed by atoms with van der Waals surface area (Å²) in [7, 11) is 3.25. The number of furan rings is 1. The van der Waals surface area contributed by atoms with Gasteiger partial charge in [-0.05, 0) is 36.4 Å². The lowest BCUT2D eigenvalue weighted by molar-refractivity contribution is 0.0717. The highest BCUT2D eigenvalue weighted by molar-refractivity contribution is 5.97. The summed E-state index contributed by atoms with van der Waals surface area (Å²) in [5, 5.41) is 0.870. The minimum Gasteiger partial charge on any atom is -0.497 e. The average molecular weight is 366 g/mol. The number of para-hydroxylation sites is 1. The number of amides is 1. The van der Waals surface area contributed by atoms with E-state index in [0.29, 0.717) is 30.2 Å². The van der Waals surface area contributed by atoms with Gasteiger partial charge in [-0.15, -0.1) is 0 Å². The van der Waals surface area contributed by atoms with Gasteiger partial charge in [-0.1, -0.05) is 12.1 Å². The Balaban J connectivity index is 1.45. The molecule has 4 rings (SSSR count). The molecular weight excluding hydrogens is 344 g/mol. The Morgan fingerprint density at radius 1 is 0.963 bits per heavy atom. The lowest BCUT2D eigenvalue weighted by Gasteiger charge is -2.35. The number of carbonyl (C=O) groups excluding carboxylic acids is 1. The molecule has 2 heterocycles. The molecule has 1 saturated heterocycles. The summed E-state index contributed by atoms with van der Waals surface area (Å²) in [6.07, 6.45) is 0. The molecule has 1 aliphatic heterocycles. The molecule has 0 saturated carbocycles. The fourth-order valence-corrected chi connectivity index (χ4v) is 3.42. The third-order valence-corrected chi connectivity index (χ3v) is 4.94. The molecule has 27 heavy (non-hydrogen) atoms. The zero-order valence-electron chi connectivity index (χ0n) is 15.5. The monoisotopic (exact) mass is 366 g/mol. The molecule has 0 bridgehead atoms. The molecule has 6 heteroatoms. The summed E-state index contributed by atoms with van der Waals surface area (Å²) in [4.78, 5) is 17.0. The number of fused-ring (bicyclic) bond motifs is 1. The van der Waals surface area contributed by atoms with E-state index in [1.165, 1.54) is 0 Å². The van der Waals surface area contributed by atoms with Crippen LogP contribution in [0.4, 0.5) is 5.69 Å². The maximum absolute atomic E-state index is 12.9. The third-order valence-electron chi connectivity index (χ3n) is 4.94. The van der Waals surface area contributed by atoms with Crippen LogP contribution in [0.2, 0.25) is 0 Å². The molecule has 0 unspecified atom stereocenters. The Hall–Kier alpha value is -3.15. The molecule has 3 aromatic rings. The highest BCUT2D eigenvalue weighted by Crippen LogP contribution is 2.29. The van der Waals surface area contributed by atoms with E-state index >= 15 is 0 Å². The van der Waals surface area contributed by atoms with Gasteiger partial charge in [-0.25, -0.2) is 0 Å². The van der Waals surface area contributed by atoms with Gasteiger partial charge in [0.15, 0.2) is 17.1 Å². The minimum absolute atomic E-state index is 0.0809. The first kappa shape index (κ1) is 17.3. The van der Waals surface area contributed by atoms with E-state index in [1.54, 1.807) is 20.3 Å². The van der Waals surface area contributed by atoms with Crippen molar-refractivity contribution in [1.82, 2.24) is 4.90 Å². The number of hydrogen-bond donors (Lipinski definition) is 0. The number of methoxy groups -OCH3 is 2. The van der Waals surface area contributed by atoms with Crippen LogP contribution in [0.15, 0.2) is 52.9 Å². The third kappa shape index (κ3) is 3.30. The van der Waals surface area contributed by atoms with Crippen molar-refractivity contribution in [3.8, 4) is 11.5 Å². The van der Waals surface area contributed by atoms with Crippen LogP contribution in [0.3, 0.4) is 0 Å². The number of carbonyl (C=O) groups is 1. The zero-order chi connectivity index (χ0) is 18.8. The van der Waals surface area contributed by atoms with Gasteiger partial charge in [-0.2, -0.15) is 0 Å². The maximum Gasteiger partial charge on any atom is 0.289 e. The van der Waals surface area contributed by atoms with Crippen LogP contribution in [0, 0.1) is 0 Å². The van der Waals surface area contributed by atoms with Crippen molar-refractivity contribution in [1.29, 1.82) is 0 Å². The largest absolute Gasteiger partial charge is 0.497 e. The SMILES string of the molecule is COc1ccc(N2CCN(C(=O)c3cc4cccc(OC)c4o3)CC2)cc1. The molecule has 1 amide bonds. The lowest BCUT2D eigenvalue weighted by Crippen LogP contribution is -2.48. The van der Waals surface area contributed by atoms with E-state index in [9.17, 15) is 4.79 Å². The van der Waals surface area contributed by atoms with Crippen LogP contribution in [0.1, 0.15) is 10.6 Å². The smallest absolute Gasteiger partial charge is 0.289 e. The molecule has 0 radical (unpaired) electrons.